The standard InChI is InChI=1S/C28H25F3N2O3/c1-2-35-26(34)25(28(29,30)31)36-19-24-18-33(20-32-24)27(21-12-6-3-7-13-21,22-14-8-4-9-15-22)23-16-10-5-11-17-23/h3-18,20,25H,2,19H2,1H3. The van der Waals surface area contributed by atoms with Crippen LogP contribution >= 0.6 is 0 Å². The number of carbonyl (C=O) groups excluding carboxylic acids is 1. The van der Waals surface area contributed by atoms with E-state index >= 15 is 0 Å². The fourth-order valence-corrected chi connectivity index (χ4v) is 4.29. The summed E-state index contributed by atoms with van der Waals surface area (Å²) in [4.78, 5) is 16.2. The van der Waals surface area contributed by atoms with Crippen LogP contribution in [-0.4, -0.2) is 34.4 Å². The van der Waals surface area contributed by atoms with Crippen LogP contribution in [0.15, 0.2) is 104 Å². The van der Waals surface area contributed by atoms with E-state index < -0.39 is 30.4 Å². The molecule has 0 saturated heterocycles. The Bertz CT molecular complexity index is 1160. The Balaban J connectivity index is 1.79. The summed E-state index contributed by atoms with van der Waals surface area (Å²) < 4.78 is 51.6. The van der Waals surface area contributed by atoms with E-state index in [1.165, 1.54) is 6.92 Å². The summed E-state index contributed by atoms with van der Waals surface area (Å²) >= 11 is 0. The lowest BCUT2D eigenvalue weighted by molar-refractivity contribution is -0.232. The van der Waals surface area contributed by atoms with Crippen molar-refractivity contribution in [2.24, 2.45) is 0 Å². The SMILES string of the molecule is CCOC(=O)C(OCc1cn(C(c2ccccc2)(c2ccccc2)c2ccccc2)cn1)C(F)(F)F. The van der Waals surface area contributed by atoms with Crippen molar-refractivity contribution in [3.05, 3.63) is 126 Å². The highest BCUT2D eigenvalue weighted by molar-refractivity contribution is 5.75. The first kappa shape index (κ1) is 25.2. The van der Waals surface area contributed by atoms with Crippen LogP contribution in [0.3, 0.4) is 0 Å². The van der Waals surface area contributed by atoms with Crippen LogP contribution in [0, 0.1) is 0 Å². The zero-order valence-electron chi connectivity index (χ0n) is 19.6. The van der Waals surface area contributed by atoms with Gasteiger partial charge >= 0.3 is 12.1 Å². The minimum absolute atomic E-state index is 0.183. The number of carbonyl (C=O) groups is 1. The first-order valence-corrected chi connectivity index (χ1v) is 11.4. The minimum Gasteiger partial charge on any atom is -0.464 e. The Morgan fingerprint density at radius 3 is 1.75 bits per heavy atom. The van der Waals surface area contributed by atoms with Crippen molar-refractivity contribution < 1.29 is 27.4 Å². The van der Waals surface area contributed by atoms with E-state index in [0.717, 1.165) is 16.7 Å². The summed E-state index contributed by atoms with van der Waals surface area (Å²) in [5.74, 6) is -1.48. The molecule has 8 heteroatoms. The second kappa shape index (κ2) is 10.8. The van der Waals surface area contributed by atoms with Gasteiger partial charge in [0.2, 0.25) is 0 Å². The molecule has 3 aromatic carbocycles. The van der Waals surface area contributed by atoms with Gasteiger partial charge in [0.25, 0.3) is 6.10 Å². The predicted octanol–water partition coefficient (Wildman–Crippen LogP) is 5.73. The van der Waals surface area contributed by atoms with Crippen molar-refractivity contribution in [1.29, 1.82) is 0 Å². The molecule has 0 N–H and O–H groups in total. The lowest BCUT2D eigenvalue weighted by atomic mass is 9.77. The normalized spacial score (nSPS) is 12.8. The highest BCUT2D eigenvalue weighted by Gasteiger charge is 2.47. The van der Waals surface area contributed by atoms with Crippen molar-refractivity contribution >= 4 is 5.97 Å². The van der Waals surface area contributed by atoms with Gasteiger partial charge in [-0.25, -0.2) is 9.78 Å². The summed E-state index contributed by atoms with van der Waals surface area (Å²) in [6.45, 7) is 0.727. The topological polar surface area (TPSA) is 53.4 Å². The minimum atomic E-state index is -4.91. The molecule has 1 aromatic heterocycles. The summed E-state index contributed by atoms with van der Waals surface area (Å²) in [5, 5.41) is 0. The van der Waals surface area contributed by atoms with Gasteiger partial charge in [0, 0.05) is 6.20 Å². The molecule has 0 aliphatic rings. The van der Waals surface area contributed by atoms with Crippen LogP contribution in [-0.2, 0) is 26.4 Å². The Morgan fingerprint density at radius 1 is 0.861 bits per heavy atom. The van der Waals surface area contributed by atoms with E-state index in [2.05, 4.69) is 9.72 Å². The molecule has 0 amide bonds. The maximum Gasteiger partial charge on any atom is 0.425 e. The molecule has 1 heterocycles. The van der Waals surface area contributed by atoms with Crippen LogP contribution in [0.1, 0.15) is 29.3 Å². The van der Waals surface area contributed by atoms with E-state index in [1.807, 2.05) is 95.6 Å². The number of esters is 1. The number of imidazole rings is 1. The molecule has 1 atom stereocenters. The monoisotopic (exact) mass is 494 g/mol. The van der Waals surface area contributed by atoms with Gasteiger partial charge in [0.15, 0.2) is 0 Å². The summed E-state index contributed by atoms with van der Waals surface area (Å²) in [5.41, 5.74) is 2.19. The van der Waals surface area contributed by atoms with Crippen molar-refractivity contribution in [1.82, 2.24) is 9.55 Å². The summed E-state index contributed by atoms with van der Waals surface area (Å²) in [7, 11) is 0. The van der Waals surface area contributed by atoms with Crippen LogP contribution in [0.4, 0.5) is 13.2 Å². The van der Waals surface area contributed by atoms with Crippen molar-refractivity contribution in [2.75, 3.05) is 6.61 Å². The highest BCUT2D eigenvalue weighted by atomic mass is 19.4. The third-order valence-electron chi connectivity index (χ3n) is 5.79. The number of rotatable bonds is 9. The molecular formula is C28H25F3N2O3. The molecule has 0 spiro atoms. The Labute approximate surface area is 207 Å². The molecule has 186 valence electrons. The van der Waals surface area contributed by atoms with E-state index in [-0.39, 0.29) is 12.3 Å². The molecule has 0 radical (unpaired) electrons. The van der Waals surface area contributed by atoms with Gasteiger partial charge in [-0.1, -0.05) is 91.0 Å². The van der Waals surface area contributed by atoms with Gasteiger partial charge in [-0.3, -0.25) is 0 Å². The van der Waals surface area contributed by atoms with Crippen LogP contribution in [0.2, 0.25) is 0 Å². The molecule has 4 rings (SSSR count). The molecule has 5 nitrogen and oxygen atoms in total. The maximum absolute atomic E-state index is 13.4. The van der Waals surface area contributed by atoms with E-state index in [9.17, 15) is 18.0 Å². The molecule has 0 saturated carbocycles. The lowest BCUT2D eigenvalue weighted by Crippen LogP contribution is -2.40. The molecule has 36 heavy (non-hydrogen) atoms. The van der Waals surface area contributed by atoms with Gasteiger partial charge < -0.3 is 14.0 Å². The Hall–Kier alpha value is -3.91. The second-order valence-electron chi connectivity index (χ2n) is 8.07. The fourth-order valence-electron chi connectivity index (χ4n) is 4.29. The third kappa shape index (κ3) is 5.04. The van der Waals surface area contributed by atoms with Crippen LogP contribution in [0.25, 0.3) is 0 Å². The van der Waals surface area contributed by atoms with Crippen molar-refractivity contribution in [2.45, 2.75) is 31.3 Å². The number of nitrogens with zero attached hydrogens (tertiary/aromatic N) is 2. The van der Waals surface area contributed by atoms with Crippen LogP contribution in [0.5, 0.6) is 0 Å². The number of alkyl halides is 3. The van der Waals surface area contributed by atoms with Gasteiger partial charge in [-0.2, -0.15) is 13.2 Å². The second-order valence-corrected chi connectivity index (χ2v) is 8.07. The van der Waals surface area contributed by atoms with Crippen molar-refractivity contribution in [3.63, 3.8) is 0 Å². The first-order chi connectivity index (χ1) is 17.4. The predicted molar refractivity (Wildman–Crippen MR) is 128 cm³/mol. The highest BCUT2D eigenvalue weighted by Crippen LogP contribution is 2.40. The summed E-state index contributed by atoms with van der Waals surface area (Å²) in [6, 6.07) is 29.4. The fraction of sp³-hybridized carbons (Fsp3) is 0.214. The number of ether oxygens (including phenoxy) is 2. The molecule has 4 aromatic rings. The quantitative estimate of drug-likeness (QED) is 0.220. The maximum atomic E-state index is 13.4. The number of benzene rings is 3. The zero-order chi connectivity index (χ0) is 25.6. The van der Waals surface area contributed by atoms with E-state index in [4.69, 9.17) is 4.74 Å². The molecular weight excluding hydrogens is 469 g/mol. The average Bonchev–Trinajstić information content (AvgIpc) is 3.35. The van der Waals surface area contributed by atoms with Gasteiger partial charge in [0.1, 0.15) is 5.54 Å². The number of halogens is 3. The molecule has 1 unspecified atom stereocenters. The van der Waals surface area contributed by atoms with Gasteiger partial charge in [0.05, 0.1) is 25.2 Å². The Morgan fingerprint density at radius 2 is 1.33 bits per heavy atom. The van der Waals surface area contributed by atoms with Gasteiger partial charge in [-0.05, 0) is 23.6 Å². The van der Waals surface area contributed by atoms with E-state index in [1.54, 1.807) is 12.5 Å². The largest absolute Gasteiger partial charge is 0.464 e. The summed E-state index contributed by atoms with van der Waals surface area (Å²) in [6.07, 6.45) is -4.38. The third-order valence-corrected chi connectivity index (χ3v) is 5.79. The zero-order valence-corrected chi connectivity index (χ0v) is 19.6. The molecule has 0 aliphatic carbocycles. The Kier molecular flexibility index (Phi) is 7.55. The number of hydrogen-bond donors (Lipinski definition) is 0. The van der Waals surface area contributed by atoms with Crippen molar-refractivity contribution in [3.8, 4) is 0 Å². The molecule has 0 fully saturated rings. The number of aromatic nitrogens is 2. The average molecular weight is 495 g/mol. The van der Waals surface area contributed by atoms with E-state index in [0.29, 0.717) is 0 Å². The molecule has 0 bridgehead atoms. The number of hydrogen-bond acceptors (Lipinski definition) is 4. The van der Waals surface area contributed by atoms with Gasteiger partial charge in [-0.15, -0.1) is 0 Å². The smallest absolute Gasteiger partial charge is 0.425 e. The first-order valence-electron chi connectivity index (χ1n) is 11.4. The lowest BCUT2D eigenvalue weighted by Gasteiger charge is -2.37. The molecule has 0 aliphatic heterocycles. The van der Waals surface area contributed by atoms with Crippen LogP contribution < -0.4 is 0 Å².